The van der Waals surface area contributed by atoms with Crippen molar-refractivity contribution in [3.05, 3.63) is 71.7 Å². The van der Waals surface area contributed by atoms with Crippen LogP contribution in [0.5, 0.6) is 0 Å². The van der Waals surface area contributed by atoms with Crippen molar-refractivity contribution in [3.8, 4) is 17.3 Å². The maximum absolute atomic E-state index is 12.2. The molecule has 6 heteroatoms. The van der Waals surface area contributed by atoms with Gasteiger partial charge in [0.25, 0.3) is 5.91 Å². The maximum atomic E-state index is 12.2. The molecule has 23 heavy (non-hydrogen) atoms. The second-order valence-electron chi connectivity index (χ2n) is 4.88. The zero-order chi connectivity index (χ0) is 16.1. The molecule has 0 aliphatic heterocycles. The third-order valence-corrected chi connectivity index (χ3v) is 3.28. The molecule has 3 aromatic rings. The van der Waals surface area contributed by atoms with Crippen LogP contribution in [0.4, 0.5) is 0 Å². The number of nitrogens with zero attached hydrogens (tertiary/aromatic N) is 3. The van der Waals surface area contributed by atoms with Gasteiger partial charge in [-0.05, 0) is 23.8 Å². The molecule has 2 heterocycles. The number of nitrogens with one attached hydrogen (secondary N) is 2. The van der Waals surface area contributed by atoms with Gasteiger partial charge in [-0.15, -0.1) is 0 Å². The molecule has 0 unspecified atom stereocenters. The monoisotopic (exact) mass is 303 g/mol. The van der Waals surface area contributed by atoms with E-state index < -0.39 is 0 Å². The molecule has 0 saturated heterocycles. The van der Waals surface area contributed by atoms with Gasteiger partial charge in [0.05, 0.1) is 5.69 Å². The Morgan fingerprint density at radius 2 is 2.04 bits per heavy atom. The summed E-state index contributed by atoms with van der Waals surface area (Å²) in [4.78, 5) is 16.0. The Bertz CT molecular complexity index is 864. The number of H-pyrrole nitrogens is 1. The first-order valence-corrected chi connectivity index (χ1v) is 7.00. The molecule has 2 N–H and O–H groups in total. The highest BCUT2D eigenvalue weighted by Gasteiger charge is 2.10. The summed E-state index contributed by atoms with van der Waals surface area (Å²) in [6, 6.07) is 16.7. The summed E-state index contributed by atoms with van der Waals surface area (Å²) in [5.41, 5.74) is 3.18. The van der Waals surface area contributed by atoms with Crippen LogP contribution in [0.1, 0.15) is 21.7 Å². The Balaban J connectivity index is 1.67. The Hall–Kier alpha value is -3.46. The van der Waals surface area contributed by atoms with Gasteiger partial charge < -0.3 is 5.32 Å². The molecule has 1 amide bonds. The predicted molar refractivity (Wildman–Crippen MR) is 84.1 cm³/mol. The van der Waals surface area contributed by atoms with Crippen molar-refractivity contribution in [2.45, 2.75) is 6.54 Å². The molecule has 0 fully saturated rings. The highest BCUT2D eigenvalue weighted by atomic mass is 16.1. The molecule has 0 bridgehead atoms. The minimum atomic E-state index is -0.255. The van der Waals surface area contributed by atoms with E-state index in [-0.39, 0.29) is 5.91 Å². The van der Waals surface area contributed by atoms with Crippen LogP contribution in [0.15, 0.2) is 54.7 Å². The van der Waals surface area contributed by atoms with Gasteiger partial charge in [0.15, 0.2) is 0 Å². The average molecular weight is 303 g/mol. The van der Waals surface area contributed by atoms with Gasteiger partial charge in [0.1, 0.15) is 17.5 Å². The van der Waals surface area contributed by atoms with Crippen molar-refractivity contribution in [2.24, 2.45) is 0 Å². The molecule has 0 saturated carbocycles. The molecule has 112 valence electrons. The summed E-state index contributed by atoms with van der Waals surface area (Å²) in [5, 5.41) is 18.5. The van der Waals surface area contributed by atoms with Crippen LogP contribution in [-0.4, -0.2) is 21.1 Å². The zero-order valence-corrected chi connectivity index (χ0v) is 12.2. The lowest BCUT2D eigenvalue weighted by Crippen LogP contribution is -2.23. The minimum absolute atomic E-state index is 0.255. The second-order valence-corrected chi connectivity index (χ2v) is 4.88. The van der Waals surface area contributed by atoms with Crippen molar-refractivity contribution in [1.29, 1.82) is 5.26 Å². The first kappa shape index (κ1) is 14.5. The Morgan fingerprint density at radius 3 is 2.83 bits per heavy atom. The van der Waals surface area contributed by atoms with E-state index in [0.717, 1.165) is 11.1 Å². The molecule has 0 atom stereocenters. The van der Waals surface area contributed by atoms with E-state index >= 15 is 0 Å². The largest absolute Gasteiger partial charge is 0.347 e. The smallest absolute Gasteiger partial charge is 0.269 e. The first-order valence-electron chi connectivity index (χ1n) is 7.00. The van der Waals surface area contributed by atoms with Crippen LogP contribution < -0.4 is 5.32 Å². The van der Waals surface area contributed by atoms with Crippen molar-refractivity contribution in [3.63, 3.8) is 0 Å². The quantitative estimate of drug-likeness (QED) is 0.773. The third-order valence-electron chi connectivity index (χ3n) is 3.28. The second kappa shape index (κ2) is 6.54. The number of hydrogen-bond donors (Lipinski definition) is 2. The number of carbonyl (C=O) groups is 1. The van der Waals surface area contributed by atoms with E-state index in [1.54, 1.807) is 24.4 Å². The van der Waals surface area contributed by atoms with E-state index in [1.165, 1.54) is 0 Å². The van der Waals surface area contributed by atoms with E-state index in [1.807, 2.05) is 36.4 Å². The van der Waals surface area contributed by atoms with E-state index in [9.17, 15) is 4.79 Å². The van der Waals surface area contributed by atoms with Gasteiger partial charge in [-0.1, -0.05) is 30.3 Å². The number of carbonyl (C=O) groups excluding carboxylic acids is 1. The van der Waals surface area contributed by atoms with Gasteiger partial charge in [0.2, 0.25) is 0 Å². The first-order chi connectivity index (χ1) is 11.3. The molecule has 0 aliphatic carbocycles. The number of benzene rings is 1. The molecule has 1 aromatic carbocycles. The van der Waals surface area contributed by atoms with Gasteiger partial charge in [-0.3, -0.25) is 9.89 Å². The van der Waals surface area contributed by atoms with Crippen LogP contribution in [-0.2, 0) is 6.54 Å². The van der Waals surface area contributed by atoms with Crippen LogP contribution in [0, 0.1) is 11.3 Å². The van der Waals surface area contributed by atoms with Crippen LogP contribution >= 0.6 is 0 Å². The summed E-state index contributed by atoms with van der Waals surface area (Å²) in [6.45, 7) is 0.315. The molecule has 2 aromatic heterocycles. The molecular weight excluding hydrogens is 290 g/mol. The van der Waals surface area contributed by atoms with Crippen molar-refractivity contribution in [2.75, 3.05) is 0 Å². The Kier molecular flexibility index (Phi) is 4.11. The standard InChI is InChI=1S/C17H13N5O/c18-10-14-8-12(6-7-19-14)11-20-17(23)16-9-15(21-22-16)13-4-2-1-3-5-13/h1-9H,11H2,(H,20,23)(H,21,22). The average Bonchev–Trinajstić information content (AvgIpc) is 3.11. The fourth-order valence-corrected chi connectivity index (χ4v) is 2.12. The van der Waals surface area contributed by atoms with E-state index in [2.05, 4.69) is 20.5 Å². The Labute approximate surface area is 132 Å². The third kappa shape index (κ3) is 3.41. The van der Waals surface area contributed by atoms with Gasteiger partial charge >= 0.3 is 0 Å². The van der Waals surface area contributed by atoms with Crippen LogP contribution in [0.3, 0.4) is 0 Å². The fourth-order valence-electron chi connectivity index (χ4n) is 2.12. The molecular formula is C17H13N5O. The summed E-state index contributed by atoms with van der Waals surface area (Å²) in [6.07, 6.45) is 1.55. The molecule has 0 radical (unpaired) electrons. The molecule has 6 nitrogen and oxygen atoms in total. The van der Waals surface area contributed by atoms with E-state index in [4.69, 9.17) is 5.26 Å². The fraction of sp³-hybridized carbons (Fsp3) is 0.0588. The van der Waals surface area contributed by atoms with Gasteiger partial charge in [-0.25, -0.2) is 4.98 Å². The maximum Gasteiger partial charge on any atom is 0.269 e. The summed E-state index contributed by atoms with van der Waals surface area (Å²) in [5.74, 6) is -0.255. The van der Waals surface area contributed by atoms with Gasteiger partial charge in [-0.2, -0.15) is 10.4 Å². The van der Waals surface area contributed by atoms with Crippen molar-refractivity contribution < 1.29 is 4.79 Å². The number of amides is 1. The zero-order valence-electron chi connectivity index (χ0n) is 12.2. The molecule has 3 rings (SSSR count). The number of hydrogen-bond acceptors (Lipinski definition) is 4. The summed E-state index contributed by atoms with van der Waals surface area (Å²) in [7, 11) is 0. The number of aromatic amines is 1. The van der Waals surface area contributed by atoms with Crippen LogP contribution in [0.2, 0.25) is 0 Å². The summed E-state index contributed by atoms with van der Waals surface area (Å²) < 4.78 is 0. The lowest BCUT2D eigenvalue weighted by molar-refractivity contribution is 0.0946. The minimum Gasteiger partial charge on any atom is -0.347 e. The number of nitriles is 1. The molecule has 0 aliphatic rings. The lowest BCUT2D eigenvalue weighted by Gasteiger charge is -2.03. The van der Waals surface area contributed by atoms with Crippen molar-refractivity contribution >= 4 is 5.91 Å². The van der Waals surface area contributed by atoms with Crippen molar-refractivity contribution in [1.82, 2.24) is 20.5 Å². The van der Waals surface area contributed by atoms with E-state index in [0.29, 0.717) is 23.6 Å². The Morgan fingerprint density at radius 1 is 1.22 bits per heavy atom. The predicted octanol–water partition coefficient (Wildman–Crippen LogP) is 2.27. The highest BCUT2D eigenvalue weighted by Crippen LogP contribution is 2.16. The number of aromatic nitrogens is 3. The topological polar surface area (TPSA) is 94.5 Å². The van der Waals surface area contributed by atoms with Gasteiger partial charge in [0, 0.05) is 18.3 Å². The molecule has 0 spiro atoms. The number of pyridine rings is 1. The SMILES string of the molecule is N#Cc1cc(CNC(=O)c2cc(-c3ccccc3)n[nH]2)ccn1. The lowest BCUT2D eigenvalue weighted by atomic mass is 10.1. The highest BCUT2D eigenvalue weighted by molar-refractivity contribution is 5.93. The van der Waals surface area contributed by atoms with Crippen LogP contribution in [0.25, 0.3) is 11.3 Å². The summed E-state index contributed by atoms with van der Waals surface area (Å²) >= 11 is 0. The number of rotatable bonds is 4. The normalized spacial score (nSPS) is 10.0.